The molecule has 0 aliphatic heterocycles. The molecular formula is C12H10F6N2. The standard InChI is InChI=1S/C12H10F6N2/c13-11(14,15)8-3-1-2-6-7(4-5-19)10(12(16,17)18)20-9(6)8/h1-3,20H,4-5,19H2. The first-order valence-electron chi connectivity index (χ1n) is 5.64. The van der Waals surface area contributed by atoms with E-state index in [-0.39, 0.29) is 23.9 Å². The van der Waals surface area contributed by atoms with Crippen molar-refractivity contribution in [2.24, 2.45) is 5.73 Å². The average Bonchev–Trinajstić information content (AvgIpc) is 2.67. The van der Waals surface area contributed by atoms with Crippen molar-refractivity contribution >= 4 is 10.9 Å². The number of nitrogens with one attached hydrogen (secondary N) is 1. The Morgan fingerprint density at radius 2 is 1.65 bits per heavy atom. The number of fused-ring (bicyclic) bond motifs is 1. The molecule has 0 fully saturated rings. The maximum Gasteiger partial charge on any atom is 0.431 e. The number of hydrogen-bond acceptors (Lipinski definition) is 1. The fourth-order valence-electron chi connectivity index (χ4n) is 2.16. The number of rotatable bonds is 2. The molecule has 0 aliphatic rings. The Morgan fingerprint density at radius 3 is 2.15 bits per heavy atom. The lowest BCUT2D eigenvalue weighted by Crippen LogP contribution is -2.11. The van der Waals surface area contributed by atoms with Gasteiger partial charge in [-0.15, -0.1) is 0 Å². The number of alkyl halides is 6. The van der Waals surface area contributed by atoms with E-state index in [0.29, 0.717) is 0 Å². The van der Waals surface area contributed by atoms with Gasteiger partial charge in [-0.3, -0.25) is 0 Å². The van der Waals surface area contributed by atoms with Crippen LogP contribution in [0.2, 0.25) is 0 Å². The van der Waals surface area contributed by atoms with Gasteiger partial charge in [0, 0.05) is 5.39 Å². The zero-order valence-corrected chi connectivity index (χ0v) is 9.99. The van der Waals surface area contributed by atoms with Gasteiger partial charge in [0.2, 0.25) is 0 Å². The fourth-order valence-corrected chi connectivity index (χ4v) is 2.16. The maximum absolute atomic E-state index is 12.9. The van der Waals surface area contributed by atoms with E-state index in [1.807, 2.05) is 4.98 Å². The molecule has 0 amide bonds. The molecule has 0 saturated carbocycles. The van der Waals surface area contributed by atoms with Crippen molar-refractivity contribution in [3.8, 4) is 0 Å². The molecule has 1 aromatic carbocycles. The summed E-state index contributed by atoms with van der Waals surface area (Å²) < 4.78 is 77.1. The summed E-state index contributed by atoms with van der Waals surface area (Å²) >= 11 is 0. The van der Waals surface area contributed by atoms with Crippen molar-refractivity contribution in [1.82, 2.24) is 4.98 Å². The van der Waals surface area contributed by atoms with Gasteiger partial charge in [-0.2, -0.15) is 26.3 Å². The summed E-state index contributed by atoms with van der Waals surface area (Å²) in [5, 5.41) is -0.0994. The number of aromatic nitrogens is 1. The molecule has 0 unspecified atom stereocenters. The second-order valence-corrected chi connectivity index (χ2v) is 4.24. The van der Waals surface area contributed by atoms with Crippen LogP contribution in [-0.2, 0) is 18.8 Å². The predicted molar refractivity (Wildman–Crippen MR) is 61.1 cm³/mol. The number of H-pyrrole nitrogens is 1. The number of para-hydroxylation sites is 1. The Hall–Kier alpha value is -1.70. The van der Waals surface area contributed by atoms with E-state index in [9.17, 15) is 26.3 Å². The van der Waals surface area contributed by atoms with Crippen LogP contribution in [0.3, 0.4) is 0 Å². The minimum absolute atomic E-state index is 0.0910. The van der Waals surface area contributed by atoms with Crippen LogP contribution in [0.4, 0.5) is 26.3 Å². The Kier molecular flexibility index (Phi) is 3.45. The monoisotopic (exact) mass is 296 g/mol. The number of aromatic amines is 1. The van der Waals surface area contributed by atoms with E-state index in [0.717, 1.165) is 12.1 Å². The highest BCUT2D eigenvalue weighted by atomic mass is 19.4. The molecule has 0 saturated heterocycles. The molecule has 0 radical (unpaired) electrons. The number of hydrogen-bond donors (Lipinski definition) is 2. The molecule has 20 heavy (non-hydrogen) atoms. The first-order valence-corrected chi connectivity index (χ1v) is 5.64. The fraction of sp³-hybridized carbons (Fsp3) is 0.333. The third-order valence-electron chi connectivity index (χ3n) is 2.92. The molecule has 0 aliphatic carbocycles. The van der Waals surface area contributed by atoms with Gasteiger partial charge in [0.1, 0.15) is 5.69 Å². The van der Waals surface area contributed by atoms with Crippen LogP contribution in [0.5, 0.6) is 0 Å². The van der Waals surface area contributed by atoms with E-state index >= 15 is 0 Å². The normalized spacial score (nSPS) is 13.2. The summed E-state index contributed by atoms with van der Waals surface area (Å²) in [5.74, 6) is 0. The van der Waals surface area contributed by atoms with Gasteiger partial charge in [0.05, 0.1) is 11.1 Å². The lowest BCUT2D eigenvalue weighted by atomic mass is 10.0. The Balaban J connectivity index is 2.80. The molecule has 2 aromatic rings. The highest BCUT2D eigenvalue weighted by Gasteiger charge is 2.39. The van der Waals surface area contributed by atoms with E-state index in [2.05, 4.69) is 0 Å². The molecule has 8 heteroatoms. The molecule has 1 aromatic heterocycles. The first-order chi connectivity index (χ1) is 9.16. The van der Waals surface area contributed by atoms with Gasteiger partial charge in [0.25, 0.3) is 0 Å². The molecular weight excluding hydrogens is 286 g/mol. The molecule has 0 spiro atoms. The van der Waals surface area contributed by atoms with E-state index < -0.39 is 29.1 Å². The summed E-state index contributed by atoms with van der Waals surface area (Å²) in [7, 11) is 0. The molecule has 2 rings (SSSR count). The summed E-state index contributed by atoms with van der Waals surface area (Å²) in [5.41, 5.74) is 2.16. The minimum atomic E-state index is -4.76. The van der Waals surface area contributed by atoms with E-state index in [1.165, 1.54) is 6.07 Å². The second kappa shape index (κ2) is 4.69. The van der Waals surface area contributed by atoms with Crippen molar-refractivity contribution in [3.05, 3.63) is 35.0 Å². The van der Waals surface area contributed by atoms with Gasteiger partial charge >= 0.3 is 12.4 Å². The van der Waals surface area contributed by atoms with Gasteiger partial charge in [-0.05, 0) is 24.6 Å². The summed E-state index contributed by atoms with van der Waals surface area (Å²) in [6, 6.07) is 3.05. The second-order valence-electron chi connectivity index (χ2n) is 4.24. The van der Waals surface area contributed by atoms with Crippen LogP contribution in [0.15, 0.2) is 18.2 Å². The van der Waals surface area contributed by atoms with Crippen LogP contribution in [0.1, 0.15) is 16.8 Å². The number of halogens is 6. The highest BCUT2D eigenvalue weighted by Crippen LogP contribution is 2.40. The van der Waals surface area contributed by atoms with Crippen LogP contribution in [0, 0.1) is 0 Å². The zero-order valence-electron chi connectivity index (χ0n) is 9.99. The molecule has 0 atom stereocenters. The third-order valence-corrected chi connectivity index (χ3v) is 2.92. The van der Waals surface area contributed by atoms with Crippen LogP contribution >= 0.6 is 0 Å². The van der Waals surface area contributed by atoms with Gasteiger partial charge < -0.3 is 10.7 Å². The largest absolute Gasteiger partial charge is 0.431 e. The molecule has 1 heterocycles. The molecule has 0 bridgehead atoms. The summed E-state index contributed by atoms with van der Waals surface area (Å²) in [4.78, 5) is 1.86. The van der Waals surface area contributed by atoms with Crippen molar-refractivity contribution in [1.29, 1.82) is 0 Å². The highest BCUT2D eigenvalue weighted by molar-refractivity contribution is 5.88. The lowest BCUT2D eigenvalue weighted by molar-refractivity contribution is -0.142. The Bertz CT molecular complexity index is 623. The van der Waals surface area contributed by atoms with Crippen molar-refractivity contribution in [2.75, 3.05) is 6.54 Å². The Morgan fingerprint density at radius 1 is 1.00 bits per heavy atom. The topological polar surface area (TPSA) is 41.8 Å². The Labute approximate surface area is 109 Å². The number of benzene rings is 1. The quantitative estimate of drug-likeness (QED) is 0.815. The molecule has 2 nitrogen and oxygen atoms in total. The van der Waals surface area contributed by atoms with E-state index in [4.69, 9.17) is 5.73 Å². The van der Waals surface area contributed by atoms with Crippen LogP contribution in [-0.4, -0.2) is 11.5 Å². The third kappa shape index (κ3) is 2.47. The lowest BCUT2D eigenvalue weighted by Gasteiger charge is -2.07. The molecule has 3 N–H and O–H groups in total. The summed E-state index contributed by atoms with van der Waals surface area (Å²) in [6.07, 6.45) is -9.64. The van der Waals surface area contributed by atoms with Crippen molar-refractivity contribution < 1.29 is 26.3 Å². The summed E-state index contributed by atoms with van der Waals surface area (Å²) in [6.45, 7) is -0.0910. The number of nitrogens with two attached hydrogens (primary N) is 1. The van der Waals surface area contributed by atoms with Gasteiger partial charge in [-0.1, -0.05) is 12.1 Å². The molecule has 110 valence electrons. The smallest absolute Gasteiger partial charge is 0.350 e. The van der Waals surface area contributed by atoms with Crippen LogP contribution < -0.4 is 5.73 Å². The first kappa shape index (κ1) is 14.7. The maximum atomic E-state index is 12.9. The van der Waals surface area contributed by atoms with Gasteiger partial charge in [-0.25, -0.2) is 0 Å². The predicted octanol–water partition coefficient (Wildman–Crippen LogP) is 3.71. The van der Waals surface area contributed by atoms with Crippen LogP contribution in [0.25, 0.3) is 10.9 Å². The van der Waals surface area contributed by atoms with Gasteiger partial charge in [0.15, 0.2) is 0 Å². The average molecular weight is 296 g/mol. The SMILES string of the molecule is NCCc1c(C(F)(F)F)[nH]c2c(C(F)(F)F)cccc12. The minimum Gasteiger partial charge on any atom is -0.350 e. The van der Waals surface area contributed by atoms with E-state index in [1.54, 1.807) is 0 Å². The van der Waals surface area contributed by atoms with Crippen molar-refractivity contribution in [2.45, 2.75) is 18.8 Å². The van der Waals surface area contributed by atoms with Crippen molar-refractivity contribution in [3.63, 3.8) is 0 Å². The zero-order chi connectivity index (χ0) is 15.1.